The van der Waals surface area contributed by atoms with Crippen molar-refractivity contribution in [2.75, 3.05) is 19.6 Å². The summed E-state index contributed by atoms with van der Waals surface area (Å²) in [6.45, 7) is 1.14. The maximum Gasteiger partial charge on any atom is 0.307 e. The summed E-state index contributed by atoms with van der Waals surface area (Å²) in [5, 5.41) is 32.4. The number of likely N-dealkylation sites (tertiary alicyclic amines) is 1. The van der Waals surface area contributed by atoms with E-state index in [0.29, 0.717) is 35.7 Å². The number of H-pyrrole nitrogens is 1. The van der Waals surface area contributed by atoms with Crippen LogP contribution in [0.1, 0.15) is 22.5 Å². The summed E-state index contributed by atoms with van der Waals surface area (Å²) in [7, 11) is 0. The average Bonchev–Trinajstić information content (AvgIpc) is 3.35. The van der Waals surface area contributed by atoms with Crippen LogP contribution in [0.15, 0.2) is 48.7 Å². The van der Waals surface area contributed by atoms with Crippen LogP contribution < -0.4 is 5.32 Å². The number of carboxylic acid groups (broad SMARTS) is 1. The van der Waals surface area contributed by atoms with Crippen LogP contribution in [0.4, 0.5) is 4.39 Å². The largest absolute Gasteiger partial charge is 0.481 e. The molecule has 0 spiro atoms. The van der Waals surface area contributed by atoms with Gasteiger partial charge in [0.15, 0.2) is 5.69 Å². The van der Waals surface area contributed by atoms with E-state index in [2.05, 4.69) is 20.7 Å². The zero-order valence-corrected chi connectivity index (χ0v) is 19.5. The number of rotatable bonds is 10. The summed E-state index contributed by atoms with van der Waals surface area (Å²) in [5.41, 5.74) is 1.96. The molecule has 2 heterocycles. The number of nitrogens with zero attached hydrogens (tertiary/aromatic N) is 3. The number of β-amino-alcohol motifs (C(OH)–C–C–N with tert-alkyl or cyclic N) is 1. The summed E-state index contributed by atoms with van der Waals surface area (Å²) in [5.74, 6) is -2.58. The molecule has 2 unspecified atom stereocenters. The van der Waals surface area contributed by atoms with Crippen molar-refractivity contribution in [3.05, 3.63) is 70.8 Å². The third-order valence-corrected chi connectivity index (χ3v) is 6.23. The number of carboxylic acids is 1. The van der Waals surface area contributed by atoms with E-state index in [9.17, 15) is 24.2 Å². The quantitative estimate of drug-likeness (QED) is 0.335. The predicted octanol–water partition coefficient (Wildman–Crippen LogP) is 2.37. The SMILES string of the molecule is O=C(NC(Cc1ccc(-c2cc(Cl)ccc2F)cc1)CC(CN1CC(O)C1)C(=O)O)c1cn[nH]n1. The number of carbonyl (C=O) groups is 2. The minimum Gasteiger partial charge on any atom is -0.481 e. The van der Waals surface area contributed by atoms with Crippen molar-refractivity contribution in [1.29, 1.82) is 0 Å². The highest BCUT2D eigenvalue weighted by Crippen LogP contribution is 2.27. The van der Waals surface area contributed by atoms with Gasteiger partial charge in [-0.1, -0.05) is 35.9 Å². The Hall–Kier alpha value is -3.34. The topological polar surface area (TPSA) is 131 Å². The highest BCUT2D eigenvalue weighted by molar-refractivity contribution is 6.30. The van der Waals surface area contributed by atoms with Crippen LogP contribution >= 0.6 is 11.6 Å². The highest BCUT2D eigenvalue weighted by Gasteiger charge is 2.31. The molecule has 1 amide bonds. The second-order valence-corrected chi connectivity index (χ2v) is 9.13. The Kier molecular flexibility index (Phi) is 7.74. The predicted molar refractivity (Wildman–Crippen MR) is 126 cm³/mol. The standard InChI is InChI=1S/C24H25ClFN5O4/c25-17-5-6-21(26)20(9-17)15-3-1-14(2-4-15)7-18(28-23(33)22-10-27-30-29-22)8-16(24(34)35)11-31-12-19(32)13-31/h1-6,9-10,16,18-19,32H,7-8,11-13H2,(H,28,33)(H,34,35)(H,27,29,30). The van der Waals surface area contributed by atoms with Crippen LogP contribution in [-0.2, 0) is 11.2 Å². The molecule has 2 aromatic carbocycles. The minimum absolute atomic E-state index is 0.0968. The van der Waals surface area contributed by atoms with E-state index < -0.39 is 29.9 Å². The zero-order valence-electron chi connectivity index (χ0n) is 18.7. The van der Waals surface area contributed by atoms with E-state index in [1.165, 1.54) is 18.3 Å². The van der Waals surface area contributed by atoms with Crippen molar-refractivity contribution in [2.24, 2.45) is 5.92 Å². The lowest BCUT2D eigenvalue weighted by molar-refractivity contribution is -0.144. The first-order valence-electron chi connectivity index (χ1n) is 11.1. The van der Waals surface area contributed by atoms with Gasteiger partial charge in [-0.15, -0.1) is 0 Å². The maximum atomic E-state index is 14.2. The molecule has 0 aliphatic carbocycles. The van der Waals surface area contributed by atoms with Crippen LogP contribution in [0.3, 0.4) is 0 Å². The van der Waals surface area contributed by atoms with Crippen LogP contribution in [0, 0.1) is 11.7 Å². The molecular weight excluding hydrogens is 477 g/mol. The monoisotopic (exact) mass is 501 g/mol. The number of hydrogen-bond acceptors (Lipinski definition) is 6. The molecule has 1 aliphatic rings. The van der Waals surface area contributed by atoms with Gasteiger partial charge in [-0.2, -0.15) is 15.4 Å². The Bertz CT molecular complexity index is 1170. The van der Waals surface area contributed by atoms with Gasteiger partial charge in [0.1, 0.15) is 5.82 Å². The van der Waals surface area contributed by atoms with Gasteiger partial charge in [0, 0.05) is 36.3 Å². The van der Waals surface area contributed by atoms with E-state index in [0.717, 1.165) is 5.56 Å². The fourth-order valence-corrected chi connectivity index (χ4v) is 4.36. The molecule has 0 bridgehead atoms. The van der Waals surface area contributed by atoms with Crippen molar-refractivity contribution in [1.82, 2.24) is 25.6 Å². The number of hydrogen-bond donors (Lipinski definition) is 4. The van der Waals surface area contributed by atoms with Crippen LogP contribution in [0.25, 0.3) is 11.1 Å². The van der Waals surface area contributed by atoms with Crippen molar-refractivity contribution < 1.29 is 24.2 Å². The molecule has 2 atom stereocenters. The third-order valence-electron chi connectivity index (χ3n) is 5.99. The van der Waals surface area contributed by atoms with E-state index in [1.54, 1.807) is 18.2 Å². The summed E-state index contributed by atoms with van der Waals surface area (Å²) in [6.07, 6.45) is 1.39. The molecule has 0 saturated carbocycles. The maximum absolute atomic E-state index is 14.2. The van der Waals surface area contributed by atoms with E-state index >= 15 is 0 Å². The molecule has 1 aromatic heterocycles. The number of halogens is 2. The number of aliphatic hydroxyl groups is 1. The molecule has 11 heteroatoms. The van der Waals surface area contributed by atoms with E-state index in [-0.39, 0.29) is 24.5 Å². The van der Waals surface area contributed by atoms with Crippen molar-refractivity contribution in [3.8, 4) is 11.1 Å². The van der Waals surface area contributed by atoms with Gasteiger partial charge < -0.3 is 15.5 Å². The summed E-state index contributed by atoms with van der Waals surface area (Å²) in [6, 6.07) is 11.0. The molecular formula is C24H25ClFN5O4. The normalized spacial score (nSPS) is 15.9. The van der Waals surface area contributed by atoms with Crippen molar-refractivity contribution >= 4 is 23.5 Å². The van der Waals surface area contributed by atoms with Gasteiger partial charge in [0.05, 0.1) is 18.2 Å². The molecule has 0 radical (unpaired) electrons. The van der Waals surface area contributed by atoms with Gasteiger partial charge in [-0.3, -0.25) is 14.5 Å². The number of carbonyl (C=O) groups excluding carboxylic acids is 1. The van der Waals surface area contributed by atoms with Gasteiger partial charge in [-0.25, -0.2) is 4.39 Å². The van der Waals surface area contributed by atoms with E-state index in [4.69, 9.17) is 11.6 Å². The molecule has 1 aliphatic heterocycles. The lowest BCUT2D eigenvalue weighted by Crippen LogP contribution is -2.53. The smallest absolute Gasteiger partial charge is 0.307 e. The first-order chi connectivity index (χ1) is 16.8. The lowest BCUT2D eigenvalue weighted by atomic mass is 9.92. The van der Waals surface area contributed by atoms with Gasteiger partial charge in [0.25, 0.3) is 5.91 Å². The Morgan fingerprint density at radius 1 is 1.23 bits per heavy atom. The number of aliphatic carboxylic acids is 1. The van der Waals surface area contributed by atoms with Crippen LogP contribution in [0.5, 0.6) is 0 Å². The fraction of sp³-hybridized carbons (Fsp3) is 0.333. The summed E-state index contributed by atoms with van der Waals surface area (Å²) in [4.78, 5) is 26.4. The highest BCUT2D eigenvalue weighted by atomic mass is 35.5. The van der Waals surface area contributed by atoms with Crippen molar-refractivity contribution in [3.63, 3.8) is 0 Å². The van der Waals surface area contributed by atoms with E-state index in [1.807, 2.05) is 17.0 Å². The summed E-state index contributed by atoms with van der Waals surface area (Å²) < 4.78 is 14.2. The zero-order chi connectivity index (χ0) is 24.9. The molecule has 9 nitrogen and oxygen atoms in total. The first kappa shape index (κ1) is 24.8. The number of aromatic amines is 1. The molecule has 1 saturated heterocycles. The molecule has 35 heavy (non-hydrogen) atoms. The minimum atomic E-state index is -0.973. The Morgan fingerprint density at radius 3 is 2.60 bits per heavy atom. The molecule has 1 fully saturated rings. The van der Waals surface area contributed by atoms with Gasteiger partial charge >= 0.3 is 5.97 Å². The lowest BCUT2D eigenvalue weighted by Gasteiger charge is -2.37. The second-order valence-electron chi connectivity index (χ2n) is 8.69. The Morgan fingerprint density at radius 2 is 1.97 bits per heavy atom. The molecule has 4 rings (SSSR count). The molecule has 4 N–H and O–H groups in total. The van der Waals surface area contributed by atoms with Crippen molar-refractivity contribution in [2.45, 2.75) is 25.0 Å². The number of aliphatic hydroxyl groups excluding tert-OH is 1. The number of amides is 1. The Labute approximate surface area is 205 Å². The molecule has 184 valence electrons. The van der Waals surface area contributed by atoms with Gasteiger partial charge in [0.2, 0.25) is 0 Å². The number of aromatic nitrogens is 3. The second kappa shape index (κ2) is 10.9. The fourth-order valence-electron chi connectivity index (χ4n) is 4.19. The Balaban J connectivity index is 1.50. The van der Waals surface area contributed by atoms with Gasteiger partial charge in [-0.05, 0) is 42.2 Å². The number of benzene rings is 2. The van der Waals surface area contributed by atoms with Crippen LogP contribution in [0.2, 0.25) is 5.02 Å². The molecule has 3 aromatic rings. The van der Waals surface area contributed by atoms with Crippen LogP contribution in [-0.4, -0.2) is 74.2 Å². The summed E-state index contributed by atoms with van der Waals surface area (Å²) >= 11 is 6.01. The average molecular weight is 502 g/mol. The number of nitrogens with one attached hydrogen (secondary N) is 2. The first-order valence-corrected chi connectivity index (χ1v) is 11.5. The third kappa shape index (κ3) is 6.41.